The fourth-order valence-electron chi connectivity index (χ4n) is 2.26. The SMILES string of the molecule is CCC(C)c1ccc(CN(C)C(=O)C2(N)CC2)cc1. The van der Waals surface area contributed by atoms with Crippen molar-refractivity contribution < 1.29 is 4.79 Å². The molecule has 1 fully saturated rings. The molecule has 0 spiro atoms. The van der Waals surface area contributed by atoms with Crippen LogP contribution >= 0.6 is 0 Å². The van der Waals surface area contributed by atoms with Gasteiger partial charge in [0, 0.05) is 13.6 Å². The predicted molar refractivity (Wildman–Crippen MR) is 77.8 cm³/mol. The molecular weight excluding hydrogens is 236 g/mol. The number of nitrogens with two attached hydrogens (primary N) is 1. The van der Waals surface area contributed by atoms with Gasteiger partial charge in [-0.05, 0) is 36.3 Å². The number of hydrogen-bond donors (Lipinski definition) is 1. The molecule has 104 valence electrons. The van der Waals surface area contributed by atoms with E-state index in [4.69, 9.17) is 5.73 Å². The van der Waals surface area contributed by atoms with E-state index in [1.54, 1.807) is 4.90 Å². The van der Waals surface area contributed by atoms with Crippen molar-refractivity contribution in [2.24, 2.45) is 5.73 Å². The van der Waals surface area contributed by atoms with E-state index in [0.717, 1.165) is 24.8 Å². The Labute approximate surface area is 115 Å². The topological polar surface area (TPSA) is 46.3 Å². The molecule has 2 N–H and O–H groups in total. The van der Waals surface area contributed by atoms with Gasteiger partial charge in [-0.2, -0.15) is 0 Å². The third-order valence-corrected chi connectivity index (χ3v) is 4.14. The fourth-order valence-corrected chi connectivity index (χ4v) is 2.26. The Hall–Kier alpha value is -1.35. The molecule has 3 nitrogen and oxygen atoms in total. The van der Waals surface area contributed by atoms with Gasteiger partial charge in [0.1, 0.15) is 0 Å². The minimum atomic E-state index is -0.564. The molecule has 2 rings (SSSR count). The second kappa shape index (κ2) is 5.33. The number of hydrogen-bond acceptors (Lipinski definition) is 2. The lowest BCUT2D eigenvalue weighted by Crippen LogP contribution is -2.43. The van der Waals surface area contributed by atoms with Gasteiger partial charge in [0.25, 0.3) is 0 Å². The van der Waals surface area contributed by atoms with Crippen LogP contribution in [0.2, 0.25) is 0 Å². The third kappa shape index (κ3) is 3.16. The lowest BCUT2D eigenvalue weighted by Gasteiger charge is -2.21. The van der Waals surface area contributed by atoms with Gasteiger partial charge < -0.3 is 10.6 Å². The van der Waals surface area contributed by atoms with Gasteiger partial charge in [-0.15, -0.1) is 0 Å². The van der Waals surface area contributed by atoms with Crippen LogP contribution in [0, 0.1) is 0 Å². The Morgan fingerprint density at radius 2 is 1.95 bits per heavy atom. The standard InChI is InChI=1S/C16H24N2O/c1-4-12(2)14-7-5-13(6-8-14)11-18(3)15(19)16(17)9-10-16/h5-8,12H,4,9-11,17H2,1-3H3. The molecule has 3 heteroatoms. The summed E-state index contributed by atoms with van der Waals surface area (Å²) in [6.45, 7) is 5.07. The summed E-state index contributed by atoms with van der Waals surface area (Å²) in [4.78, 5) is 13.8. The van der Waals surface area contributed by atoms with E-state index in [-0.39, 0.29) is 5.91 Å². The summed E-state index contributed by atoms with van der Waals surface area (Å²) in [5.41, 5.74) is 7.89. The number of benzene rings is 1. The van der Waals surface area contributed by atoms with Crippen LogP contribution in [0.4, 0.5) is 0 Å². The van der Waals surface area contributed by atoms with Gasteiger partial charge in [0.15, 0.2) is 0 Å². The van der Waals surface area contributed by atoms with Crippen LogP contribution in [-0.2, 0) is 11.3 Å². The number of carbonyl (C=O) groups excluding carboxylic acids is 1. The zero-order valence-electron chi connectivity index (χ0n) is 12.1. The molecule has 1 aliphatic carbocycles. The van der Waals surface area contributed by atoms with Crippen LogP contribution in [0.3, 0.4) is 0 Å². The average Bonchev–Trinajstić information content (AvgIpc) is 3.17. The average molecular weight is 260 g/mol. The highest BCUT2D eigenvalue weighted by atomic mass is 16.2. The van der Waals surface area contributed by atoms with Gasteiger partial charge in [0.2, 0.25) is 5.91 Å². The molecule has 0 saturated heterocycles. The van der Waals surface area contributed by atoms with E-state index in [9.17, 15) is 4.79 Å². The monoisotopic (exact) mass is 260 g/mol. The summed E-state index contributed by atoms with van der Waals surface area (Å²) in [5, 5.41) is 0. The van der Waals surface area contributed by atoms with E-state index in [0.29, 0.717) is 12.5 Å². The number of rotatable bonds is 5. The van der Waals surface area contributed by atoms with E-state index < -0.39 is 5.54 Å². The smallest absolute Gasteiger partial charge is 0.242 e. The molecular formula is C16H24N2O. The van der Waals surface area contributed by atoms with Crippen molar-refractivity contribution in [1.82, 2.24) is 4.90 Å². The molecule has 1 atom stereocenters. The second-order valence-corrected chi connectivity index (χ2v) is 5.87. The van der Waals surface area contributed by atoms with E-state index in [1.165, 1.54) is 5.56 Å². The number of nitrogens with zero attached hydrogens (tertiary/aromatic N) is 1. The summed E-state index contributed by atoms with van der Waals surface area (Å²) in [7, 11) is 1.83. The van der Waals surface area contributed by atoms with Crippen LogP contribution in [0.1, 0.15) is 50.2 Å². The quantitative estimate of drug-likeness (QED) is 0.884. The summed E-state index contributed by atoms with van der Waals surface area (Å²) in [6, 6.07) is 8.55. The highest BCUT2D eigenvalue weighted by Crippen LogP contribution is 2.34. The maximum absolute atomic E-state index is 12.1. The minimum absolute atomic E-state index is 0.0681. The van der Waals surface area contributed by atoms with Gasteiger partial charge in [0.05, 0.1) is 5.54 Å². The maximum atomic E-state index is 12.1. The van der Waals surface area contributed by atoms with Crippen LogP contribution < -0.4 is 5.73 Å². The second-order valence-electron chi connectivity index (χ2n) is 5.87. The van der Waals surface area contributed by atoms with Crippen molar-refractivity contribution in [2.75, 3.05) is 7.05 Å². The Morgan fingerprint density at radius 1 is 1.37 bits per heavy atom. The zero-order chi connectivity index (χ0) is 14.0. The molecule has 1 saturated carbocycles. The molecule has 0 aromatic heterocycles. The first-order valence-corrected chi connectivity index (χ1v) is 7.09. The lowest BCUT2D eigenvalue weighted by atomic mass is 9.97. The van der Waals surface area contributed by atoms with Crippen molar-refractivity contribution >= 4 is 5.91 Å². The van der Waals surface area contributed by atoms with Crippen LogP contribution in [0.15, 0.2) is 24.3 Å². The van der Waals surface area contributed by atoms with E-state index >= 15 is 0 Å². The maximum Gasteiger partial charge on any atom is 0.242 e. The van der Waals surface area contributed by atoms with E-state index in [1.807, 2.05) is 7.05 Å². The first kappa shape index (κ1) is 14.1. The highest BCUT2D eigenvalue weighted by Gasteiger charge is 2.47. The summed E-state index contributed by atoms with van der Waals surface area (Å²) >= 11 is 0. The molecule has 1 aromatic rings. The molecule has 1 unspecified atom stereocenters. The van der Waals surface area contributed by atoms with E-state index in [2.05, 4.69) is 38.1 Å². The molecule has 0 bridgehead atoms. The van der Waals surface area contributed by atoms with Crippen LogP contribution in [-0.4, -0.2) is 23.4 Å². The van der Waals surface area contributed by atoms with Crippen LogP contribution in [0.25, 0.3) is 0 Å². The Morgan fingerprint density at radius 3 is 2.42 bits per heavy atom. The van der Waals surface area contributed by atoms with Gasteiger partial charge in [-0.1, -0.05) is 38.1 Å². The van der Waals surface area contributed by atoms with Gasteiger partial charge in [-0.25, -0.2) is 0 Å². The molecule has 1 aliphatic rings. The number of carbonyl (C=O) groups is 1. The molecule has 0 aliphatic heterocycles. The molecule has 0 radical (unpaired) electrons. The highest BCUT2D eigenvalue weighted by molar-refractivity contribution is 5.88. The normalized spacial score (nSPS) is 17.9. The molecule has 0 heterocycles. The Kier molecular flexibility index (Phi) is 3.95. The largest absolute Gasteiger partial charge is 0.340 e. The molecule has 1 amide bonds. The number of likely N-dealkylation sites (N-methyl/N-ethyl adjacent to an activating group) is 1. The van der Waals surface area contributed by atoms with Crippen molar-refractivity contribution in [2.45, 2.75) is 51.1 Å². The summed E-state index contributed by atoms with van der Waals surface area (Å²) in [5.74, 6) is 0.658. The lowest BCUT2D eigenvalue weighted by molar-refractivity contribution is -0.132. The number of amides is 1. The minimum Gasteiger partial charge on any atom is -0.340 e. The Bertz CT molecular complexity index is 448. The first-order valence-electron chi connectivity index (χ1n) is 7.09. The molecule has 1 aromatic carbocycles. The Balaban J connectivity index is 1.97. The van der Waals surface area contributed by atoms with Crippen molar-refractivity contribution in [3.63, 3.8) is 0 Å². The van der Waals surface area contributed by atoms with Crippen LogP contribution in [0.5, 0.6) is 0 Å². The third-order valence-electron chi connectivity index (χ3n) is 4.14. The first-order chi connectivity index (χ1) is 8.96. The summed E-state index contributed by atoms with van der Waals surface area (Å²) < 4.78 is 0. The van der Waals surface area contributed by atoms with Crippen molar-refractivity contribution in [3.8, 4) is 0 Å². The molecule has 19 heavy (non-hydrogen) atoms. The fraction of sp³-hybridized carbons (Fsp3) is 0.562. The summed E-state index contributed by atoms with van der Waals surface area (Å²) in [6.07, 6.45) is 2.79. The van der Waals surface area contributed by atoms with Gasteiger partial charge >= 0.3 is 0 Å². The zero-order valence-corrected chi connectivity index (χ0v) is 12.1. The van der Waals surface area contributed by atoms with Gasteiger partial charge in [-0.3, -0.25) is 4.79 Å². The van der Waals surface area contributed by atoms with Crippen molar-refractivity contribution in [3.05, 3.63) is 35.4 Å². The van der Waals surface area contributed by atoms with Crippen molar-refractivity contribution in [1.29, 1.82) is 0 Å². The predicted octanol–water partition coefficient (Wildman–Crippen LogP) is 2.65.